The van der Waals surface area contributed by atoms with E-state index in [1.807, 2.05) is 12.1 Å². The monoisotopic (exact) mass is 379 g/mol. The summed E-state index contributed by atoms with van der Waals surface area (Å²) in [5.41, 5.74) is 1.74. The van der Waals surface area contributed by atoms with Crippen LogP contribution in [-0.4, -0.2) is 37.2 Å². The molecule has 1 aliphatic heterocycles. The molecule has 1 aliphatic rings. The molecule has 0 atom stereocenters. The maximum Gasteiger partial charge on any atom is 0.224 e. The zero-order valence-corrected chi connectivity index (χ0v) is 15.2. The second-order valence-corrected chi connectivity index (χ2v) is 6.62. The molecule has 1 fully saturated rings. The van der Waals surface area contributed by atoms with Crippen LogP contribution in [0.5, 0.6) is 0 Å². The molecular formula is C18H19Cl2N3O2. The third kappa shape index (κ3) is 4.84. The number of benzene rings is 1. The normalized spacial score (nSPS) is 14.4. The lowest BCUT2D eigenvalue weighted by Gasteiger charge is -2.29. The van der Waals surface area contributed by atoms with Crippen molar-refractivity contribution in [2.24, 2.45) is 0 Å². The Morgan fingerprint density at radius 1 is 1.20 bits per heavy atom. The maximum atomic E-state index is 12.3. The Morgan fingerprint density at radius 2 is 2.00 bits per heavy atom. The van der Waals surface area contributed by atoms with Gasteiger partial charge in [0, 0.05) is 41.4 Å². The smallest absolute Gasteiger partial charge is 0.224 e. The first-order valence-corrected chi connectivity index (χ1v) is 8.86. The molecule has 0 aliphatic carbocycles. The predicted molar refractivity (Wildman–Crippen MR) is 99.3 cm³/mol. The highest BCUT2D eigenvalue weighted by atomic mass is 35.5. The molecule has 5 nitrogen and oxygen atoms in total. The third-order valence-corrected chi connectivity index (χ3v) is 4.61. The van der Waals surface area contributed by atoms with Gasteiger partial charge in [-0.05, 0) is 23.8 Å². The molecule has 0 saturated carbocycles. The number of nitrogens with one attached hydrogen (secondary N) is 1. The van der Waals surface area contributed by atoms with E-state index in [0.717, 1.165) is 30.0 Å². The number of halogens is 2. The van der Waals surface area contributed by atoms with Crippen molar-refractivity contribution in [2.45, 2.75) is 13.0 Å². The summed E-state index contributed by atoms with van der Waals surface area (Å²) in [6.07, 6.45) is 1.98. The van der Waals surface area contributed by atoms with E-state index in [0.29, 0.717) is 29.8 Å². The minimum absolute atomic E-state index is 0.0963. The predicted octanol–water partition coefficient (Wildman–Crippen LogP) is 3.08. The van der Waals surface area contributed by atoms with Crippen LogP contribution >= 0.6 is 23.2 Å². The Hall–Kier alpha value is -1.82. The number of hydrogen-bond donors (Lipinski definition) is 1. The number of carbonyl (C=O) groups excluding carboxylic acids is 1. The first-order chi connectivity index (χ1) is 12.1. The molecule has 1 N–H and O–H groups in total. The number of ether oxygens (including phenoxy) is 1. The van der Waals surface area contributed by atoms with Crippen LogP contribution in [-0.2, 0) is 22.5 Å². The highest BCUT2D eigenvalue weighted by molar-refractivity contribution is 6.35. The second kappa shape index (κ2) is 8.52. The summed E-state index contributed by atoms with van der Waals surface area (Å²) < 4.78 is 5.38. The molecule has 1 aromatic heterocycles. The van der Waals surface area contributed by atoms with Crippen molar-refractivity contribution in [1.82, 2.24) is 10.3 Å². The number of amides is 1. The van der Waals surface area contributed by atoms with Gasteiger partial charge in [0.1, 0.15) is 5.82 Å². The number of hydrogen-bond acceptors (Lipinski definition) is 4. The zero-order chi connectivity index (χ0) is 17.6. The van der Waals surface area contributed by atoms with Crippen LogP contribution in [0.25, 0.3) is 0 Å². The summed E-state index contributed by atoms with van der Waals surface area (Å²) in [6.45, 7) is 3.41. The molecule has 1 saturated heterocycles. The Bertz CT molecular complexity index is 749. The molecule has 1 amide bonds. The van der Waals surface area contributed by atoms with Crippen molar-refractivity contribution < 1.29 is 9.53 Å². The lowest BCUT2D eigenvalue weighted by atomic mass is 10.1. The van der Waals surface area contributed by atoms with E-state index in [-0.39, 0.29) is 12.3 Å². The minimum atomic E-state index is -0.0963. The Balaban J connectivity index is 1.62. The number of nitrogens with zero attached hydrogens (tertiary/aromatic N) is 2. The van der Waals surface area contributed by atoms with E-state index >= 15 is 0 Å². The summed E-state index contributed by atoms with van der Waals surface area (Å²) in [4.78, 5) is 18.9. The van der Waals surface area contributed by atoms with Crippen molar-refractivity contribution in [3.63, 3.8) is 0 Å². The van der Waals surface area contributed by atoms with Gasteiger partial charge in [-0.1, -0.05) is 35.3 Å². The number of carbonyl (C=O) groups is 1. The molecular weight excluding hydrogens is 361 g/mol. The number of pyridine rings is 1. The number of anilines is 1. The second-order valence-electron chi connectivity index (χ2n) is 5.77. The van der Waals surface area contributed by atoms with E-state index in [1.54, 1.807) is 24.4 Å². The Labute approximate surface area is 156 Å². The van der Waals surface area contributed by atoms with Crippen LogP contribution in [0.4, 0.5) is 5.82 Å². The summed E-state index contributed by atoms with van der Waals surface area (Å²) in [5.74, 6) is 0.802. The van der Waals surface area contributed by atoms with E-state index in [9.17, 15) is 4.79 Å². The molecule has 2 aromatic rings. The van der Waals surface area contributed by atoms with Gasteiger partial charge in [-0.2, -0.15) is 0 Å². The standard InChI is InChI=1S/C18H19Cl2N3O2/c19-15-4-3-13(16(20)11-15)10-17(24)22-12-14-2-1-5-21-18(14)23-6-8-25-9-7-23/h1-5,11H,6-10,12H2,(H,22,24). The maximum absolute atomic E-state index is 12.3. The third-order valence-electron chi connectivity index (χ3n) is 4.02. The van der Waals surface area contributed by atoms with Crippen LogP contribution in [0, 0.1) is 0 Å². The molecule has 1 aromatic carbocycles. The van der Waals surface area contributed by atoms with Crippen molar-refractivity contribution in [3.05, 3.63) is 57.7 Å². The van der Waals surface area contributed by atoms with Gasteiger partial charge in [-0.15, -0.1) is 0 Å². The molecule has 7 heteroatoms. The van der Waals surface area contributed by atoms with Gasteiger partial charge in [0.25, 0.3) is 0 Å². The first kappa shape index (κ1) is 18.0. The fourth-order valence-corrected chi connectivity index (χ4v) is 3.20. The van der Waals surface area contributed by atoms with Crippen molar-refractivity contribution in [3.8, 4) is 0 Å². The molecule has 0 bridgehead atoms. The highest BCUT2D eigenvalue weighted by Crippen LogP contribution is 2.22. The van der Waals surface area contributed by atoms with E-state index < -0.39 is 0 Å². The van der Waals surface area contributed by atoms with Gasteiger partial charge in [0.05, 0.1) is 19.6 Å². The van der Waals surface area contributed by atoms with Gasteiger partial charge in [-0.25, -0.2) is 4.98 Å². The van der Waals surface area contributed by atoms with Crippen LogP contribution in [0.15, 0.2) is 36.5 Å². The van der Waals surface area contributed by atoms with Crippen LogP contribution in [0.2, 0.25) is 10.0 Å². The quantitative estimate of drug-likeness (QED) is 0.866. The molecule has 3 rings (SSSR count). The number of rotatable bonds is 5. The first-order valence-electron chi connectivity index (χ1n) is 8.10. The van der Waals surface area contributed by atoms with Crippen LogP contribution in [0.1, 0.15) is 11.1 Å². The van der Waals surface area contributed by atoms with Gasteiger partial charge < -0.3 is 15.0 Å². The average Bonchev–Trinajstić information content (AvgIpc) is 2.63. The Morgan fingerprint density at radius 3 is 2.76 bits per heavy atom. The van der Waals surface area contributed by atoms with E-state index in [1.165, 1.54) is 0 Å². The summed E-state index contributed by atoms with van der Waals surface area (Å²) in [6, 6.07) is 9.00. The van der Waals surface area contributed by atoms with E-state index in [4.69, 9.17) is 27.9 Å². The number of morpholine rings is 1. The average molecular weight is 380 g/mol. The van der Waals surface area contributed by atoms with Gasteiger partial charge in [0.2, 0.25) is 5.91 Å². The van der Waals surface area contributed by atoms with Gasteiger partial charge in [0.15, 0.2) is 0 Å². The molecule has 2 heterocycles. The van der Waals surface area contributed by atoms with Crippen molar-refractivity contribution in [1.29, 1.82) is 0 Å². The topological polar surface area (TPSA) is 54.5 Å². The fourth-order valence-electron chi connectivity index (χ4n) is 2.72. The molecule has 0 spiro atoms. The minimum Gasteiger partial charge on any atom is -0.378 e. The molecule has 132 valence electrons. The van der Waals surface area contributed by atoms with Gasteiger partial charge in [-0.3, -0.25) is 4.79 Å². The largest absolute Gasteiger partial charge is 0.378 e. The lowest BCUT2D eigenvalue weighted by molar-refractivity contribution is -0.120. The lowest BCUT2D eigenvalue weighted by Crippen LogP contribution is -2.38. The SMILES string of the molecule is O=C(Cc1ccc(Cl)cc1Cl)NCc1cccnc1N1CCOCC1. The summed E-state index contributed by atoms with van der Waals surface area (Å²) in [5, 5.41) is 3.99. The van der Waals surface area contributed by atoms with Crippen molar-refractivity contribution >= 4 is 34.9 Å². The number of aromatic nitrogens is 1. The zero-order valence-electron chi connectivity index (χ0n) is 13.7. The fraction of sp³-hybridized carbons (Fsp3) is 0.333. The van der Waals surface area contributed by atoms with Gasteiger partial charge >= 0.3 is 0 Å². The molecule has 25 heavy (non-hydrogen) atoms. The van der Waals surface area contributed by atoms with E-state index in [2.05, 4.69) is 15.2 Å². The summed E-state index contributed by atoms with van der Waals surface area (Å²) in [7, 11) is 0. The highest BCUT2D eigenvalue weighted by Gasteiger charge is 2.16. The summed E-state index contributed by atoms with van der Waals surface area (Å²) >= 11 is 12.0. The Kier molecular flexibility index (Phi) is 6.13. The molecule has 0 unspecified atom stereocenters. The van der Waals surface area contributed by atoms with Crippen LogP contribution in [0.3, 0.4) is 0 Å². The van der Waals surface area contributed by atoms with Crippen LogP contribution < -0.4 is 10.2 Å². The van der Waals surface area contributed by atoms with Crippen molar-refractivity contribution in [2.75, 3.05) is 31.2 Å². The molecule has 0 radical (unpaired) electrons.